The number of rotatable bonds is 4. The second-order valence-corrected chi connectivity index (χ2v) is 6.26. The predicted molar refractivity (Wildman–Crippen MR) is 80.1 cm³/mol. The van der Waals surface area contributed by atoms with Crippen LogP contribution in [0.4, 0.5) is 11.4 Å². The molecule has 0 saturated carbocycles. The molecular formula is C13H11ClN2O4S. The number of aromatic carboxylic acids is 1. The van der Waals surface area contributed by atoms with Gasteiger partial charge in [0.05, 0.1) is 16.9 Å². The molecule has 110 valence electrons. The van der Waals surface area contributed by atoms with Gasteiger partial charge in [0.25, 0.3) is 10.0 Å². The molecule has 0 radical (unpaired) electrons. The van der Waals surface area contributed by atoms with Gasteiger partial charge in [-0.25, -0.2) is 13.2 Å². The third-order valence-corrected chi connectivity index (χ3v) is 4.31. The molecule has 6 nitrogen and oxygen atoms in total. The standard InChI is InChI=1S/C13H11ClN2O4S/c14-9-2-1-3-10(7-9)16-21(19,20)12-5-4-8(13(17)18)6-11(12)15/h1-7,16H,15H2,(H,17,18). The van der Waals surface area contributed by atoms with Crippen molar-refractivity contribution in [1.29, 1.82) is 0 Å². The van der Waals surface area contributed by atoms with E-state index in [1.807, 2.05) is 0 Å². The fourth-order valence-electron chi connectivity index (χ4n) is 1.69. The van der Waals surface area contributed by atoms with Crippen molar-refractivity contribution in [3.63, 3.8) is 0 Å². The first-order valence-electron chi connectivity index (χ1n) is 5.71. The van der Waals surface area contributed by atoms with Crippen LogP contribution in [0, 0.1) is 0 Å². The maximum absolute atomic E-state index is 12.2. The largest absolute Gasteiger partial charge is 0.478 e. The molecule has 0 fully saturated rings. The second kappa shape index (κ2) is 5.63. The first-order chi connectivity index (χ1) is 9.79. The summed E-state index contributed by atoms with van der Waals surface area (Å²) in [7, 11) is -3.93. The maximum Gasteiger partial charge on any atom is 0.335 e. The molecule has 0 unspecified atom stereocenters. The van der Waals surface area contributed by atoms with Crippen LogP contribution >= 0.6 is 11.6 Å². The Kier molecular flexibility index (Phi) is 4.06. The number of sulfonamides is 1. The summed E-state index contributed by atoms with van der Waals surface area (Å²) in [5, 5.41) is 9.21. The number of hydrogen-bond acceptors (Lipinski definition) is 4. The van der Waals surface area contributed by atoms with Gasteiger partial charge in [-0.3, -0.25) is 4.72 Å². The van der Waals surface area contributed by atoms with E-state index in [1.54, 1.807) is 12.1 Å². The fraction of sp³-hybridized carbons (Fsp3) is 0. The van der Waals surface area contributed by atoms with Gasteiger partial charge in [-0.15, -0.1) is 0 Å². The van der Waals surface area contributed by atoms with Crippen LogP contribution in [0.3, 0.4) is 0 Å². The van der Waals surface area contributed by atoms with Gasteiger partial charge in [0.15, 0.2) is 0 Å². The lowest BCUT2D eigenvalue weighted by Crippen LogP contribution is -2.15. The number of nitrogens with one attached hydrogen (secondary N) is 1. The molecule has 0 aliphatic carbocycles. The predicted octanol–water partition coefficient (Wildman–Crippen LogP) is 2.42. The van der Waals surface area contributed by atoms with Crippen molar-refractivity contribution in [3.8, 4) is 0 Å². The van der Waals surface area contributed by atoms with E-state index < -0.39 is 16.0 Å². The molecule has 4 N–H and O–H groups in total. The molecule has 0 saturated heterocycles. The van der Waals surface area contributed by atoms with Crippen molar-refractivity contribution in [1.82, 2.24) is 0 Å². The topological polar surface area (TPSA) is 109 Å². The van der Waals surface area contributed by atoms with Crippen molar-refractivity contribution >= 4 is 39.0 Å². The van der Waals surface area contributed by atoms with E-state index >= 15 is 0 Å². The summed E-state index contributed by atoms with van der Waals surface area (Å²) < 4.78 is 26.8. The average Bonchev–Trinajstić information content (AvgIpc) is 2.37. The first-order valence-corrected chi connectivity index (χ1v) is 7.57. The molecule has 0 aliphatic heterocycles. The zero-order chi connectivity index (χ0) is 15.6. The van der Waals surface area contributed by atoms with Gasteiger partial charge in [-0.2, -0.15) is 0 Å². The Morgan fingerprint density at radius 2 is 1.90 bits per heavy atom. The summed E-state index contributed by atoms with van der Waals surface area (Å²) >= 11 is 5.78. The van der Waals surface area contributed by atoms with E-state index in [4.69, 9.17) is 22.4 Å². The van der Waals surface area contributed by atoms with Crippen LogP contribution in [0.1, 0.15) is 10.4 Å². The summed E-state index contributed by atoms with van der Waals surface area (Å²) in [4.78, 5) is 10.6. The van der Waals surface area contributed by atoms with Crippen LogP contribution < -0.4 is 10.5 Å². The number of halogens is 1. The van der Waals surface area contributed by atoms with E-state index in [1.165, 1.54) is 18.2 Å². The minimum absolute atomic E-state index is 0.0887. The maximum atomic E-state index is 12.2. The summed E-state index contributed by atoms with van der Waals surface area (Å²) in [6, 6.07) is 9.59. The first kappa shape index (κ1) is 15.1. The molecule has 0 heterocycles. The van der Waals surface area contributed by atoms with E-state index in [0.717, 1.165) is 12.1 Å². The molecule has 0 bridgehead atoms. The molecule has 0 aliphatic rings. The van der Waals surface area contributed by atoms with Gasteiger partial charge in [0.1, 0.15) is 4.90 Å². The molecule has 0 amide bonds. The molecular weight excluding hydrogens is 316 g/mol. The van der Waals surface area contributed by atoms with Crippen molar-refractivity contribution in [2.75, 3.05) is 10.5 Å². The van der Waals surface area contributed by atoms with Crippen LogP contribution in [-0.4, -0.2) is 19.5 Å². The quantitative estimate of drug-likeness (QED) is 0.747. The van der Waals surface area contributed by atoms with Crippen LogP contribution in [0.15, 0.2) is 47.4 Å². The lowest BCUT2D eigenvalue weighted by molar-refractivity contribution is 0.0697. The molecule has 21 heavy (non-hydrogen) atoms. The number of hydrogen-bond donors (Lipinski definition) is 3. The Hall–Kier alpha value is -2.25. The van der Waals surface area contributed by atoms with Gasteiger partial charge in [-0.05, 0) is 36.4 Å². The number of benzene rings is 2. The van der Waals surface area contributed by atoms with Crippen molar-refractivity contribution in [2.24, 2.45) is 0 Å². The zero-order valence-corrected chi connectivity index (χ0v) is 12.1. The molecule has 2 aromatic rings. The average molecular weight is 327 g/mol. The van der Waals surface area contributed by atoms with Crippen molar-refractivity contribution in [3.05, 3.63) is 53.1 Å². The number of carbonyl (C=O) groups is 1. The monoisotopic (exact) mass is 326 g/mol. The molecule has 0 spiro atoms. The number of nitrogens with two attached hydrogens (primary N) is 1. The second-order valence-electron chi connectivity index (χ2n) is 4.17. The fourth-order valence-corrected chi connectivity index (χ4v) is 3.04. The van der Waals surface area contributed by atoms with Gasteiger partial charge in [-0.1, -0.05) is 17.7 Å². The van der Waals surface area contributed by atoms with Gasteiger partial charge in [0, 0.05) is 5.02 Å². The van der Waals surface area contributed by atoms with E-state index in [9.17, 15) is 13.2 Å². The Labute approximate surface area is 126 Å². The van der Waals surface area contributed by atoms with Crippen molar-refractivity contribution in [2.45, 2.75) is 4.90 Å². The van der Waals surface area contributed by atoms with Crippen LogP contribution in [0.25, 0.3) is 0 Å². The molecule has 0 atom stereocenters. The minimum atomic E-state index is -3.93. The number of carboxylic acid groups (broad SMARTS) is 1. The Morgan fingerprint density at radius 1 is 1.19 bits per heavy atom. The Balaban J connectivity index is 2.38. The lowest BCUT2D eigenvalue weighted by atomic mass is 10.2. The molecule has 8 heteroatoms. The van der Waals surface area contributed by atoms with Crippen LogP contribution in [0.2, 0.25) is 5.02 Å². The molecule has 2 aromatic carbocycles. The van der Waals surface area contributed by atoms with Gasteiger partial charge in [0.2, 0.25) is 0 Å². The molecule has 2 rings (SSSR count). The highest BCUT2D eigenvalue weighted by atomic mass is 35.5. The van der Waals surface area contributed by atoms with E-state index in [0.29, 0.717) is 5.02 Å². The van der Waals surface area contributed by atoms with Gasteiger partial charge < -0.3 is 10.8 Å². The third-order valence-electron chi connectivity index (χ3n) is 2.62. The van der Waals surface area contributed by atoms with Crippen molar-refractivity contribution < 1.29 is 18.3 Å². The summed E-state index contributed by atoms with van der Waals surface area (Å²) in [6.07, 6.45) is 0. The highest BCUT2D eigenvalue weighted by Crippen LogP contribution is 2.24. The summed E-state index contributed by atoms with van der Waals surface area (Å²) in [5.74, 6) is -1.19. The van der Waals surface area contributed by atoms with Crippen LogP contribution in [-0.2, 0) is 10.0 Å². The van der Waals surface area contributed by atoms with Gasteiger partial charge >= 0.3 is 5.97 Å². The highest BCUT2D eigenvalue weighted by Gasteiger charge is 2.19. The number of anilines is 2. The number of nitrogen functional groups attached to an aromatic ring is 1. The zero-order valence-electron chi connectivity index (χ0n) is 10.6. The summed E-state index contributed by atoms with van der Waals surface area (Å²) in [6.45, 7) is 0. The Morgan fingerprint density at radius 3 is 2.48 bits per heavy atom. The highest BCUT2D eigenvalue weighted by molar-refractivity contribution is 7.92. The normalized spacial score (nSPS) is 11.1. The smallest absolute Gasteiger partial charge is 0.335 e. The van der Waals surface area contributed by atoms with Crippen LogP contribution in [0.5, 0.6) is 0 Å². The molecule has 0 aromatic heterocycles. The minimum Gasteiger partial charge on any atom is -0.478 e. The third kappa shape index (κ3) is 3.45. The van der Waals surface area contributed by atoms with E-state index in [2.05, 4.69) is 4.72 Å². The SMILES string of the molecule is Nc1cc(C(=O)O)ccc1S(=O)(=O)Nc1cccc(Cl)c1. The summed E-state index contributed by atoms with van der Waals surface area (Å²) in [5.41, 5.74) is 5.66. The lowest BCUT2D eigenvalue weighted by Gasteiger charge is -2.10. The van der Waals surface area contributed by atoms with E-state index in [-0.39, 0.29) is 21.8 Å². The number of carboxylic acids is 1. The Bertz CT molecular complexity index is 806.